The third kappa shape index (κ3) is 4.39. The molecule has 4 rings (SSSR count). The summed E-state index contributed by atoms with van der Waals surface area (Å²) in [6.07, 6.45) is 5.88. The number of H-pyrrole nitrogens is 1. The van der Waals surface area contributed by atoms with Gasteiger partial charge in [-0.05, 0) is 61.0 Å². The van der Waals surface area contributed by atoms with Gasteiger partial charge in [-0.2, -0.15) is 5.10 Å². The zero-order valence-electron chi connectivity index (χ0n) is 16.5. The van der Waals surface area contributed by atoms with Gasteiger partial charge in [0.25, 0.3) is 0 Å². The summed E-state index contributed by atoms with van der Waals surface area (Å²) in [6.45, 7) is 3.63. The zero-order valence-corrected chi connectivity index (χ0v) is 17.3. The minimum atomic E-state index is -0.817. The molecule has 0 saturated carbocycles. The first kappa shape index (κ1) is 20.6. The summed E-state index contributed by atoms with van der Waals surface area (Å²) in [5, 5.41) is 18.0. The molecule has 1 aliphatic rings. The zero-order chi connectivity index (χ0) is 21.1. The minimum absolute atomic E-state index is 0.259. The second-order valence-corrected chi connectivity index (χ2v) is 8.60. The van der Waals surface area contributed by atoms with Crippen molar-refractivity contribution in [2.24, 2.45) is 5.92 Å². The average molecular weight is 428 g/mol. The van der Waals surface area contributed by atoms with Crippen LogP contribution in [0.25, 0.3) is 11.1 Å². The van der Waals surface area contributed by atoms with Gasteiger partial charge in [0, 0.05) is 48.4 Å². The number of aromatic amines is 1. The monoisotopic (exact) mass is 427 g/mol. The van der Waals surface area contributed by atoms with E-state index >= 15 is 0 Å². The van der Waals surface area contributed by atoms with E-state index in [1.54, 1.807) is 12.3 Å². The number of benzene rings is 2. The Morgan fingerprint density at radius 1 is 1.30 bits per heavy atom. The lowest BCUT2D eigenvalue weighted by Crippen LogP contribution is -2.21. The van der Waals surface area contributed by atoms with Gasteiger partial charge < -0.3 is 10.7 Å². The smallest absolute Gasteiger partial charge is 0.173 e. The van der Waals surface area contributed by atoms with Gasteiger partial charge in [-0.1, -0.05) is 12.1 Å². The highest BCUT2D eigenvalue weighted by Crippen LogP contribution is 2.35. The average Bonchev–Trinajstić information content (AvgIpc) is 3.40. The maximum absolute atomic E-state index is 14.0. The lowest BCUT2D eigenvalue weighted by molar-refractivity contribution is 0.456. The molecule has 0 amide bonds. The fourth-order valence-corrected chi connectivity index (χ4v) is 4.87. The fourth-order valence-electron chi connectivity index (χ4n) is 3.75. The summed E-state index contributed by atoms with van der Waals surface area (Å²) >= 11 is 1.28. The van der Waals surface area contributed by atoms with E-state index in [1.807, 2.05) is 24.4 Å². The second kappa shape index (κ2) is 8.97. The van der Waals surface area contributed by atoms with Crippen LogP contribution in [0.1, 0.15) is 18.9 Å². The predicted molar refractivity (Wildman–Crippen MR) is 117 cm³/mol. The van der Waals surface area contributed by atoms with Crippen molar-refractivity contribution in [2.45, 2.75) is 24.3 Å². The summed E-state index contributed by atoms with van der Waals surface area (Å²) in [6, 6.07) is 10.5. The summed E-state index contributed by atoms with van der Waals surface area (Å²) in [7, 11) is 0. The molecule has 0 bridgehead atoms. The van der Waals surface area contributed by atoms with Gasteiger partial charge in [0.15, 0.2) is 11.6 Å². The van der Waals surface area contributed by atoms with Crippen LogP contribution in [0.3, 0.4) is 0 Å². The quantitative estimate of drug-likeness (QED) is 0.359. The van der Waals surface area contributed by atoms with Crippen LogP contribution in [0.15, 0.2) is 53.7 Å². The Morgan fingerprint density at radius 2 is 2.17 bits per heavy atom. The SMILES string of the molecule is C[C@H]1CC(CNc2ccc(-c3cn[nH]c3)cc2C=N)CN1Sc1cccc(F)c1F. The molecule has 1 aliphatic heterocycles. The van der Waals surface area contributed by atoms with Crippen molar-refractivity contribution >= 4 is 23.8 Å². The maximum atomic E-state index is 14.0. The van der Waals surface area contributed by atoms with Crippen LogP contribution in [0, 0.1) is 23.0 Å². The van der Waals surface area contributed by atoms with Crippen molar-refractivity contribution in [3.63, 3.8) is 0 Å². The van der Waals surface area contributed by atoms with Crippen molar-refractivity contribution in [3.8, 4) is 11.1 Å². The van der Waals surface area contributed by atoms with Crippen molar-refractivity contribution in [1.82, 2.24) is 14.5 Å². The molecule has 1 saturated heterocycles. The highest BCUT2D eigenvalue weighted by molar-refractivity contribution is 7.97. The second-order valence-electron chi connectivity index (χ2n) is 7.51. The molecule has 156 valence electrons. The third-order valence-electron chi connectivity index (χ3n) is 5.36. The Kier molecular flexibility index (Phi) is 6.15. The number of anilines is 1. The van der Waals surface area contributed by atoms with Gasteiger partial charge in [0.1, 0.15) is 0 Å². The van der Waals surface area contributed by atoms with E-state index in [2.05, 4.69) is 26.7 Å². The molecule has 0 aliphatic carbocycles. The number of nitrogens with zero attached hydrogens (tertiary/aromatic N) is 2. The molecule has 2 atom stereocenters. The Bertz CT molecular complexity index is 1020. The Balaban J connectivity index is 1.39. The van der Waals surface area contributed by atoms with Crippen LogP contribution in [0.2, 0.25) is 0 Å². The molecule has 8 heteroatoms. The van der Waals surface area contributed by atoms with E-state index in [0.29, 0.717) is 10.8 Å². The lowest BCUT2D eigenvalue weighted by atomic mass is 10.0. The molecule has 5 nitrogen and oxygen atoms in total. The van der Waals surface area contributed by atoms with Crippen molar-refractivity contribution in [2.75, 3.05) is 18.4 Å². The van der Waals surface area contributed by atoms with Crippen LogP contribution in [-0.2, 0) is 0 Å². The van der Waals surface area contributed by atoms with Gasteiger partial charge in [0.2, 0.25) is 0 Å². The lowest BCUT2D eigenvalue weighted by Gasteiger charge is -2.20. The molecule has 1 fully saturated rings. The van der Waals surface area contributed by atoms with Crippen molar-refractivity contribution in [1.29, 1.82) is 5.41 Å². The number of aromatic nitrogens is 2. The molecule has 2 aromatic carbocycles. The molecule has 0 radical (unpaired) electrons. The molecular weight excluding hydrogens is 404 g/mol. The van der Waals surface area contributed by atoms with Crippen LogP contribution >= 0.6 is 11.9 Å². The third-order valence-corrected chi connectivity index (χ3v) is 6.61. The molecular formula is C22H23F2N5S. The Labute approximate surface area is 178 Å². The number of hydrogen-bond donors (Lipinski definition) is 3. The predicted octanol–water partition coefficient (Wildman–Crippen LogP) is 5.18. The van der Waals surface area contributed by atoms with Crippen LogP contribution < -0.4 is 5.32 Å². The van der Waals surface area contributed by atoms with Gasteiger partial charge >= 0.3 is 0 Å². The fraction of sp³-hybridized carbons (Fsp3) is 0.273. The highest BCUT2D eigenvalue weighted by atomic mass is 32.2. The summed E-state index contributed by atoms with van der Waals surface area (Å²) in [5.41, 5.74) is 3.70. The van der Waals surface area contributed by atoms with Crippen LogP contribution in [0.5, 0.6) is 0 Å². The van der Waals surface area contributed by atoms with E-state index in [1.165, 1.54) is 24.2 Å². The topological polar surface area (TPSA) is 67.8 Å². The van der Waals surface area contributed by atoms with E-state index in [0.717, 1.165) is 48.0 Å². The van der Waals surface area contributed by atoms with Gasteiger partial charge in [-0.3, -0.25) is 5.10 Å². The van der Waals surface area contributed by atoms with Crippen molar-refractivity contribution in [3.05, 3.63) is 66.0 Å². The number of rotatable bonds is 7. The standard InChI is InChI=1S/C22H23F2N5S/c1-14-7-15(13-29(14)30-21-4-2-3-19(23)22(21)24)10-26-20-6-5-16(8-17(20)9-25)18-11-27-28-12-18/h2-6,8-9,11-12,14-15,25-26H,7,10,13H2,1H3,(H,27,28)/t14-,15?/m0/s1. The van der Waals surface area contributed by atoms with Crippen LogP contribution in [0.4, 0.5) is 14.5 Å². The molecule has 30 heavy (non-hydrogen) atoms. The molecule has 2 heterocycles. The largest absolute Gasteiger partial charge is 0.384 e. The summed E-state index contributed by atoms with van der Waals surface area (Å²) in [5.74, 6) is -1.23. The van der Waals surface area contributed by atoms with Gasteiger partial charge in [-0.15, -0.1) is 0 Å². The van der Waals surface area contributed by atoms with E-state index in [-0.39, 0.29) is 6.04 Å². The molecule has 1 aromatic heterocycles. The van der Waals surface area contributed by atoms with Gasteiger partial charge in [0.05, 0.1) is 11.1 Å². The normalized spacial score (nSPS) is 19.2. The summed E-state index contributed by atoms with van der Waals surface area (Å²) < 4.78 is 29.6. The maximum Gasteiger partial charge on any atom is 0.173 e. The van der Waals surface area contributed by atoms with E-state index in [9.17, 15) is 8.78 Å². The van der Waals surface area contributed by atoms with Crippen molar-refractivity contribution < 1.29 is 8.78 Å². The number of nitrogens with one attached hydrogen (secondary N) is 3. The van der Waals surface area contributed by atoms with E-state index < -0.39 is 11.6 Å². The molecule has 3 N–H and O–H groups in total. The molecule has 0 spiro atoms. The first-order valence-corrected chi connectivity index (χ1v) is 10.6. The number of hydrogen-bond acceptors (Lipinski definition) is 5. The highest BCUT2D eigenvalue weighted by Gasteiger charge is 2.30. The first-order chi connectivity index (χ1) is 14.5. The number of halogens is 2. The summed E-state index contributed by atoms with van der Waals surface area (Å²) in [4.78, 5) is 0.316. The first-order valence-electron chi connectivity index (χ1n) is 9.81. The Morgan fingerprint density at radius 3 is 2.93 bits per heavy atom. The van der Waals surface area contributed by atoms with E-state index in [4.69, 9.17) is 5.41 Å². The molecule has 3 aromatic rings. The van der Waals surface area contributed by atoms with Crippen LogP contribution in [-0.4, -0.2) is 39.8 Å². The van der Waals surface area contributed by atoms with Gasteiger partial charge in [-0.25, -0.2) is 13.1 Å². The minimum Gasteiger partial charge on any atom is -0.384 e. The Hall–Kier alpha value is -2.71. The molecule has 1 unspecified atom stereocenters.